The average Bonchev–Trinajstić information content (AvgIpc) is 2.92. The number of aliphatic hydroxyl groups excluding tert-OH is 1. The molecular formula is C31H25F3O4. The maximum absolute atomic E-state index is 15.0. The van der Waals surface area contributed by atoms with Gasteiger partial charge in [0.05, 0.1) is 18.3 Å². The van der Waals surface area contributed by atoms with Crippen LogP contribution in [0, 0.1) is 17.5 Å². The Morgan fingerprint density at radius 1 is 0.895 bits per heavy atom. The molecule has 0 bridgehead atoms. The molecule has 0 aliphatic carbocycles. The van der Waals surface area contributed by atoms with Crippen LogP contribution in [0.2, 0.25) is 0 Å². The molecule has 0 amide bonds. The zero-order valence-electron chi connectivity index (χ0n) is 20.6. The lowest BCUT2D eigenvalue weighted by Crippen LogP contribution is -2.09. The molecule has 38 heavy (non-hydrogen) atoms. The van der Waals surface area contributed by atoms with E-state index >= 15 is 0 Å². The number of hydrogen-bond donors (Lipinski definition) is 1. The van der Waals surface area contributed by atoms with E-state index in [4.69, 9.17) is 9.47 Å². The van der Waals surface area contributed by atoms with Gasteiger partial charge in [-0.2, -0.15) is 0 Å². The predicted octanol–water partition coefficient (Wildman–Crippen LogP) is 7.67. The van der Waals surface area contributed by atoms with E-state index in [1.54, 1.807) is 37.3 Å². The van der Waals surface area contributed by atoms with Crippen LogP contribution >= 0.6 is 0 Å². The van der Waals surface area contributed by atoms with Gasteiger partial charge in [-0.05, 0) is 60.4 Å². The topological polar surface area (TPSA) is 55.8 Å². The second kappa shape index (κ2) is 11.8. The fraction of sp³-hybridized carbons (Fsp3) is 0.129. The van der Waals surface area contributed by atoms with Crippen molar-refractivity contribution in [2.75, 3.05) is 6.61 Å². The lowest BCUT2D eigenvalue weighted by Gasteiger charge is -2.11. The zero-order valence-corrected chi connectivity index (χ0v) is 20.6. The summed E-state index contributed by atoms with van der Waals surface area (Å²) in [5.41, 5.74) is 1.66. The minimum atomic E-state index is -1.02. The second-order valence-electron chi connectivity index (χ2n) is 8.57. The maximum Gasteiger partial charge on any atom is 0.343 e. The monoisotopic (exact) mass is 518 g/mol. The minimum Gasteiger partial charge on any atom is -0.490 e. The van der Waals surface area contributed by atoms with Crippen LogP contribution in [0.4, 0.5) is 13.2 Å². The second-order valence-corrected chi connectivity index (χ2v) is 8.57. The van der Waals surface area contributed by atoms with Crippen molar-refractivity contribution < 1.29 is 32.5 Å². The van der Waals surface area contributed by atoms with Crippen molar-refractivity contribution in [3.8, 4) is 33.8 Å². The summed E-state index contributed by atoms with van der Waals surface area (Å²) in [6.45, 7) is 5.45. The van der Waals surface area contributed by atoms with Gasteiger partial charge in [0.2, 0.25) is 0 Å². The molecule has 0 aromatic heterocycles. The van der Waals surface area contributed by atoms with Crippen LogP contribution in [0.5, 0.6) is 11.5 Å². The summed E-state index contributed by atoms with van der Waals surface area (Å²) in [7, 11) is 0. The van der Waals surface area contributed by atoms with Crippen molar-refractivity contribution >= 4 is 5.97 Å². The molecule has 4 rings (SSSR count). The molecule has 4 nitrogen and oxygen atoms in total. The highest BCUT2D eigenvalue weighted by Crippen LogP contribution is 2.33. The van der Waals surface area contributed by atoms with Crippen LogP contribution in [0.25, 0.3) is 22.3 Å². The van der Waals surface area contributed by atoms with E-state index in [0.717, 1.165) is 6.07 Å². The zero-order chi connectivity index (χ0) is 27.2. The number of carbonyl (C=O) groups excluding carboxylic acids is 1. The van der Waals surface area contributed by atoms with E-state index < -0.39 is 29.5 Å². The lowest BCUT2D eigenvalue weighted by atomic mass is 9.97. The predicted molar refractivity (Wildman–Crippen MR) is 140 cm³/mol. The van der Waals surface area contributed by atoms with Crippen LogP contribution in [0.1, 0.15) is 35.4 Å². The normalized spacial score (nSPS) is 11.6. The largest absolute Gasteiger partial charge is 0.490 e. The van der Waals surface area contributed by atoms with Gasteiger partial charge in [-0.3, -0.25) is 0 Å². The molecule has 0 saturated heterocycles. The molecule has 0 aliphatic rings. The van der Waals surface area contributed by atoms with Crippen LogP contribution in [-0.2, 0) is 0 Å². The molecule has 194 valence electrons. The summed E-state index contributed by atoms with van der Waals surface area (Å²) in [6, 6.07) is 19.2. The Hall–Kier alpha value is -4.36. The third-order valence-electron chi connectivity index (χ3n) is 5.91. The Balaban J connectivity index is 1.47. The molecule has 7 heteroatoms. The maximum atomic E-state index is 15.0. The molecule has 0 fully saturated rings. The van der Waals surface area contributed by atoms with Gasteiger partial charge in [0.15, 0.2) is 23.2 Å². The molecule has 0 spiro atoms. The highest BCUT2D eigenvalue weighted by atomic mass is 19.2. The fourth-order valence-electron chi connectivity index (χ4n) is 3.80. The number of halogens is 3. The van der Waals surface area contributed by atoms with Crippen molar-refractivity contribution in [3.63, 3.8) is 0 Å². The Labute approximate surface area is 218 Å². The third kappa shape index (κ3) is 5.95. The van der Waals surface area contributed by atoms with Crippen molar-refractivity contribution in [1.82, 2.24) is 0 Å². The van der Waals surface area contributed by atoms with Gasteiger partial charge in [-0.15, -0.1) is 6.58 Å². The van der Waals surface area contributed by atoms with Gasteiger partial charge in [-0.25, -0.2) is 18.0 Å². The Bertz CT molecular complexity index is 1450. The van der Waals surface area contributed by atoms with Crippen molar-refractivity contribution in [1.29, 1.82) is 0 Å². The Morgan fingerprint density at radius 3 is 2.00 bits per heavy atom. The van der Waals surface area contributed by atoms with Crippen LogP contribution in [0.15, 0.2) is 91.5 Å². The first-order valence-electron chi connectivity index (χ1n) is 11.9. The molecule has 1 atom stereocenters. The van der Waals surface area contributed by atoms with E-state index in [2.05, 4.69) is 6.58 Å². The number of esters is 1. The smallest absolute Gasteiger partial charge is 0.343 e. The molecular weight excluding hydrogens is 493 g/mol. The quantitative estimate of drug-likeness (QED) is 0.107. The molecule has 4 aromatic carbocycles. The van der Waals surface area contributed by atoms with E-state index in [1.165, 1.54) is 48.5 Å². The third-order valence-corrected chi connectivity index (χ3v) is 5.91. The highest BCUT2D eigenvalue weighted by Gasteiger charge is 2.17. The van der Waals surface area contributed by atoms with Gasteiger partial charge >= 0.3 is 5.97 Å². The highest BCUT2D eigenvalue weighted by molar-refractivity contribution is 5.91. The molecule has 0 heterocycles. The Kier molecular flexibility index (Phi) is 8.28. The molecule has 1 unspecified atom stereocenters. The summed E-state index contributed by atoms with van der Waals surface area (Å²) in [4.78, 5) is 12.5. The number of carbonyl (C=O) groups is 1. The number of rotatable bonds is 9. The molecule has 4 aromatic rings. The summed E-state index contributed by atoms with van der Waals surface area (Å²) < 4.78 is 54.8. The molecule has 0 radical (unpaired) electrons. The summed E-state index contributed by atoms with van der Waals surface area (Å²) >= 11 is 0. The van der Waals surface area contributed by atoms with Gasteiger partial charge < -0.3 is 14.6 Å². The number of ether oxygens (including phenoxy) is 2. The standard InChI is InChI=1S/C31H25F3O4/c1-3-4-17-37-28-16-11-23(18-27(28)32)31(36)38-24-12-9-22(10-13-24)26-15-14-25(29(33)30(26)34)21-7-5-20(6-8-21)19(2)35/h3,5-16,18-19,35H,1,4,17H2,2H3. The Morgan fingerprint density at radius 2 is 1.47 bits per heavy atom. The van der Waals surface area contributed by atoms with E-state index in [-0.39, 0.29) is 34.8 Å². The minimum absolute atomic E-state index is 0.00664. The van der Waals surface area contributed by atoms with E-state index in [9.17, 15) is 23.1 Å². The average molecular weight is 519 g/mol. The van der Waals surface area contributed by atoms with Gasteiger partial charge in [0.1, 0.15) is 5.75 Å². The van der Waals surface area contributed by atoms with Gasteiger partial charge in [0, 0.05) is 11.1 Å². The first-order chi connectivity index (χ1) is 18.3. The first kappa shape index (κ1) is 26.7. The molecule has 1 N–H and O–H groups in total. The number of benzene rings is 4. The molecule has 0 saturated carbocycles. The van der Waals surface area contributed by atoms with Gasteiger partial charge in [-0.1, -0.05) is 54.6 Å². The summed E-state index contributed by atoms with van der Waals surface area (Å²) in [5, 5.41) is 9.64. The van der Waals surface area contributed by atoms with Gasteiger partial charge in [0.25, 0.3) is 0 Å². The van der Waals surface area contributed by atoms with Crippen molar-refractivity contribution in [2.24, 2.45) is 0 Å². The van der Waals surface area contributed by atoms with E-state index in [1.807, 2.05) is 0 Å². The fourth-order valence-corrected chi connectivity index (χ4v) is 3.80. The summed E-state index contributed by atoms with van der Waals surface area (Å²) in [6.07, 6.45) is 1.54. The van der Waals surface area contributed by atoms with E-state index in [0.29, 0.717) is 23.1 Å². The summed E-state index contributed by atoms with van der Waals surface area (Å²) in [5.74, 6) is -3.32. The van der Waals surface area contributed by atoms with Crippen LogP contribution in [-0.4, -0.2) is 17.7 Å². The molecule has 0 aliphatic heterocycles. The van der Waals surface area contributed by atoms with Crippen LogP contribution < -0.4 is 9.47 Å². The number of hydrogen-bond acceptors (Lipinski definition) is 4. The lowest BCUT2D eigenvalue weighted by molar-refractivity contribution is 0.0734. The SMILES string of the molecule is C=CCCOc1ccc(C(=O)Oc2ccc(-c3ccc(-c4ccc(C(C)O)cc4)c(F)c3F)cc2)cc1F. The number of aliphatic hydroxyl groups is 1. The van der Waals surface area contributed by atoms with Crippen LogP contribution in [0.3, 0.4) is 0 Å². The first-order valence-corrected chi connectivity index (χ1v) is 11.9. The van der Waals surface area contributed by atoms with Crippen molar-refractivity contribution in [2.45, 2.75) is 19.4 Å². The van der Waals surface area contributed by atoms with Crippen molar-refractivity contribution in [3.05, 3.63) is 120 Å².